The van der Waals surface area contributed by atoms with Crippen molar-refractivity contribution < 1.29 is 37.3 Å². The van der Waals surface area contributed by atoms with Crippen LogP contribution in [0.1, 0.15) is 24.0 Å². The number of methoxy groups -OCH3 is 3. The molecule has 1 aliphatic rings. The summed E-state index contributed by atoms with van der Waals surface area (Å²) >= 11 is 0. The van der Waals surface area contributed by atoms with Crippen LogP contribution in [0.15, 0.2) is 53.9 Å². The number of fused-ring (bicyclic) bond motifs is 1. The molecular formula is C24H29O8P. The molecule has 0 bridgehead atoms. The van der Waals surface area contributed by atoms with Gasteiger partial charge in [0.2, 0.25) is 12.5 Å². The Kier molecular flexibility index (Phi) is 8.08. The van der Waals surface area contributed by atoms with Crippen molar-refractivity contribution in [2.45, 2.75) is 12.8 Å². The zero-order chi connectivity index (χ0) is 24.0. The summed E-state index contributed by atoms with van der Waals surface area (Å²) in [6.07, 6.45) is 5.37. The fourth-order valence-electron chi connectivity index (χ4n) is 3.72. The van der Waals surface area contributed by atoms with Crippen LogP contribution in [0, 0.1) is 0 Å². The van der Waals surface area contributed by atoms with E-state index in [-0.39, 0.29) is 6.79 Å². The quantitative estimate of drug-likeness (QED) is 0.328. The third-order valence-electron chi connectivity index (χ3n) is 5.30. The largest absolute Gasteiger partial charge is 0.493 e. The molecule has 33 heavy (non-hydrogen) atoms. The van der Waals surface area contributed by atoms with E-state index in [2.05, 4.69) is 0 Å². The van der Waals surface area contributed by atoms with Crippen molar-refractivity contribution in [3.63, 3.8) is 0 Å². The highest BCUT2D eigenvalue weighted by molar-refractivity contribution is 7.58. The Morgan fingerprint density at radius 3 is 2.09 bits per heavy atom. The Balaban J connectivity index is 2.33. The minimum absolute atomic E-state index is 0.142. The summed E-state index contributed by atoms with van der Waals surface area (Å²) in [5, 5.41) is 0.429. The van der Waals surface area contributed by atoms with Gasteiger partial charge >= 0.3 is 7.60 Å². The molecule has 0 saturated heterocycles. The highest BCUT2D eigenvalue weighted by Crippen LogP contribution is 2.62. The van der Waals surface area contributed by atoms with Crippen LogP contribution in [-0.2, 0) is 13.6 Å². The minimum atomic E-state index is -3.67. The maximum Gasteiger partial charge on any atom is 0.357 e. The van der Waals surface area contributed by atoms with Crippen LogP contribution in [0.25, 0.3) is 0 Å². The van der Waals surface area contributed by atoms with Gasteiger partial charge in [-0.2, -0.15) is 0 Å². The van der Waals surface area contributed by atoms with Gasteiger partial charge in [-0.1, -0.05) is 24.3 Å². The molecule has 0 amide bonds. The molecule has 0 saturated carbocycles. The molecule has 1 aliphatic heterocycles. The molecule has 0 aromatic heterocycles. The standard InChI is InChI=1S/C24H29O8P/c1-7-8-9-22(33(25,29-5)30-6)23(16-10-11-18-19(12-16)32-15-31-18)17-13-20(26-2)24(28-4)21(14-17)27-3/h7-14,23H,15H2,1-6H3/b8-7-,22-9+. The number of benzene rings is 2. The molecule has 178 valence electrons. The van der Waals surface area contributed by atoms with Gasteiger partial charge in [-0.3, -0.25) is 4.57 Å². The molecule has 1 unspecified atom stereocenters. The van der Waals surface area contributed by atoms with Crippen molar-refractivity contribution in [1.82, 2.24) is 0 Å². The van der Waals surface area contributed by atoms with Gasteiger partial charge < -0.3 is 32.7 Å². The Bertz CT molecular complexity index is 1060. The summed E-state index contributed by atoms with van der Waals surface area (Å²) in [4.78, 5) is 0. The van der Waals surface area contributed by atoms with Crippen LogP contribution in [0.3, 0.4) is 0 Å². The summed E-state index contributed by atoms with van der Waals surface area (Å²) in [7, 11) is 3.68. The smallest absolute Gasteiger partial charge is 0.357 e. The van der Waals surface area contributed by atoms with Crippen LogP contribution in [0.5, 0.6) is 28.7 Å². The van der Waals surface area contributed by atoms with Gasteiger partial charge in [0.15, 0.2) is 23.0 Å². The molecule has 9 heteroatoms. The summed E-state index contributed by atoms with van der Waals surface area (Å²) < 4.78 is 52.2. The van der Waals surface area contributed by atoms with Crippen LogP contribution in [0.4, 0.5) is 0 Å². The lowest BCUT2D eigenvalue weighted by Crippen LogP contribution is -2.09. The molecular weight excluding hydrogens is 447 g/mol. The van der Waals surface area contributed by atoms with E-state index in [0.717, 1.165) is 11.1 Å². The number of rotatable bonds is 10. The van der Waals surface area contributed by atoms with E-state index >= 15 is 0 Å². The summed E-state index contributed by atoms with van der Waals surface area (Å²) in [5.74, 6) is 2.06. The normalized spacial score (nSPS) is 14.4. The molecule has 0 spiro atoms. The van der Waals surface area contributed by atoms with E-state index in [9.17, 15) is 4.57 Å². The zero-order valence-electron chi connectivity index (χ0n) is 19.6. The molecule has 8 nitrogen and oxygen atoms in total. The number of hydrogen-bond donors (Lipinski definition) is 0. The first-order chi connectivity index (χ1) is 16.0. The maximum atomic E-state index is 13.7. The van der Waals surface area contributed by atoms with E-state index in [0.29, 0.717) is 34.1 Å². The van der Waals surface area contributed by atoms with Crippen LogP contribution < -0.4 is 23.7 Å². The summed E-state index contributed by atoms with van der Waals surface area (Å²) in [6, 6.07) is 9.20. The Hall–Kier alpha value is -2.93. The topological polar surface area (TPSA) is 81.7 Å². The van der Waals surface area contributed by atoms with Crippen molar-refractivity contribution in [3.8, 4) is 28.7 Å². The second kappa shape index (κ2) is 10.8. The first kappa shape index (κ1) is 24.7. The van der Waals surface area contributed by atoms with Crippen LogP contribution in [-0.4, -0.2) is 42.3 Å². The third-order valence-corrected chi connectivity index (χ3v) is 7.30. The fraction of sp³-hybridized carbons (Fsp3) is 0.333. The Morgan fingerprint density at radius 2 is 1.55 bits per heavy atom. The Labute approximate surface area is 194 Å². The first-order valence-electron chi connectivity index (χ1n) is 10.2. The highest BCUT2D eigenvalue weighted by Gasteiger charge is 2.37. The monoisotopic (exact) mass is 476 g/mol. The summed E-state index contributed by atoms with van der Waals surface area (Å²) in [5.41, 5.74) is 1.52. The van der Waals surface area contributed by atoms with E-state index in [1.807, 2.05) is 43.3 Å². The maximum absolute atomic E-state index is 13.7. The second-order valence-corrected chi connectivity index (χ2v) is 9.23. The molecule has 2 aromatic carbocycles. The van der Waals surface area contributed by atoms with E-state index < -0.39 is 13.5 Å². The molecule has 0 aliphatic carbocycles. The first-order valence-corrected chi connectivity index (χ1v) is 11.7. The predicted molar refractivity (Wildman–Crippen MR) is 125 cm³/mol. The van der Waals surface area contributed by atoms with E-state index in [1.54, 1.807) is 26.4 Å². The van der Waals surface area contributed by atoms with Crippen molar-refractivity contribution in [1.29, 1.82) is 0 Å². The molecule has 0 N–H and O–H groups in total. The highest BCUT2D eigenvalue weighted by atomic mass is 31.2. The molecule has 1 atom stereocenters. The van der Waals surface area contributed by atoms with Gasteiger partial charge in [-0.05, 0) is 42.3 Å². The number of hydrogen-bond acceptors (Lipinski definition) is 8. The average Bonchev–Trinajstić information content (AvgIpc) is 3.33. The van der Waals surface area contributed by atoms with Gasteiger partial charge in [0.05, 0.1) is 26.6 Å². The lowest BCUT2D eigenvalue weighted by molar-refractivity contribution is 0.174. The lowest BCUT2D eigenvalue weighted by atomic mass is 9.89. The van der Waals surface area contributed by atoms with Crippen molar-refractivity contribution in [3.05, 3.63) is 65.0 Å². The van der Waals surface area contributed by atoms with Crippen molar-refractivity contribution in [2.24, 2.45) is 0 Å². The second-order valence-electron chi connectivity index (χ2n) is 6.98. The van der Waals surface area contributed by atoms with Gasteiger partial charge in [-0.25, -0.2) is 0 Å². The van der Waals surface area contributed by atoms with Crippen LogP contribution in [0.2, 0.25) is 0 Å². The zero-order valence-corrected chi connectivity index (χ0v) is 20.5. The summed E-state index contributed by atoms with van der Waals surface area (Å²) in [6.45, 7) is 2.01. The fourth-order valence-corrected chi connectivity index (χ4v) is 5.17. The van der Waals surface area contributed by atoms with Gasteiger partial charge in [0.1, 0.15) is 0 Å². The molecule has 1 heterocycles. The number of ether oxygens (including phenoxy) is 5. The lowest BCUT2D eigenvalue weighted by Gasteiger charge is -2.27. The van der Waals surface area contributed by atoms with E-state index in [4.69, 9.17) is 32.7 Å². The van der Waals surface area contributed by atoms with Crippen LogP contribution >= 0.6 is 7.60 Å². The number of allylic oxidation sites excluding steroid dienone is 4. The SMILES string of the molecule is C/C=C\C=C(/C(c1ccc2c(c1)OCO2)c1cc(OC)c(OC)c(OC)c1)P(=O)(OC)OC. The Morgan fingerprint density at radius 1 is 0.909 bits per heavy atom. The molecule has 3 rings (SSSR count). The van der Waals surface area contributed by atoms with Crippen molar-refractivity contribution >= 4 is 7.60 Å². The van der Waals surface area contributed by atoms with Gasteiger partial charge in [0.25, 0.3) is 0 Å². The van der Waals surface area contributed by atoms with Gasteiger partial charge in [0, 0.05) is 20.1 Å². The van der Waals surface area contributed by atoms with E-state index in [1.165, 1.54) is 21.3 Å². The third kappa shape index (κ3) is 4.88. The average molecular weight is 476 g/mol. The molecule has 0 fully saturated rings. The molecule has 0 radical (unpaired) electrons. The predicted octanol–water partition coefficient (Wildman–Crippen LogP) is 5.52. The molecule has 2 aromatic rings. The van der Waals surface area contributed by atoms with Gasteiger partial charge in [-0.15, -0.1) is 0 Å². The van der Waals surface area contributed by atoms with Crippen molar-refractivity contribution in [2.75, 3.05) is 42.3 Å². The minimum Gasteiger partial charge on any atom is -0.493 e.